The first-order valence-corrected chi connectivity index (χ1v) is 0. The van der Waals surface area contributed by atoms with E-state index in [2.05, 4.69) is 0 Å². The van der Waals surface area contributed by atoms with Gasteiger partial charge in [0, 0.05) is 8.41 Å². The molecule has 0 N–H and O–H groups in total. The molecule has 0 unspecified atom stereocenters. The maximum Gasteiger partial charge on any atom is 1.00 e. The molecular formula is H4BF3K. The monoisotopic (exact) mass is 111 g/mol. The Kier molecular flexibility index (Phi) is 877. The summed E-state index contributed by atoms with van der Waals surface area (Å²) < 4.78 is 0. The Morgan fingerprint density at radius 3 is 0.800 bits per heavy atom. The van der Waals surface area contributed by atoms with E-state index in [1.807, 2.05) is 0 Å². The van der Waals surface area contributed by atoms with Gasteiger partial charge in [0.05, 0.1) is 0 Å². The minimum absolute atomic E-state index is 0. The summed E-state index contributed by atoms with van der Waals surface area (Å²) in [4.78, 5) is 0. The Morgan fingerprint density at radius 2 is 0.800 bits per heavy atom. The molecule has 0 fully saturated rings. The van der Waals surface area contributed by atoms with E-state index in [9.17, 15) is 0 Å². The molecule has 0 saturated heterocycles. The zero-order valence-corrected chi connectivity index (χ0v) is 5.93. The Balaban J connectivity index is 0. The molecular weight excluding hydrogens is 107 g/mol. The fraction of sp³-hybridized carbons (Fsp3) is 0. The van der Waals surface area contributed by atoms with Crippen LogP contribution in [-0.4, -0.2) is 8.41 Å². The van der Waals surface area contributed by atoms with Gasteiger partial charge in [-0.15, -0.1) is 0 Å². The summed E-state index contributed by atoms with van der Waals surface area (Å²) >= 11 is 0. The van der Waals surface area contributed by atoms with Crippen molar-refractivity contribution in [2.45, 2.75) is 0 Å². The summed E-state index contributed by atoms with van der Waals surface area (Å²) in [5.41, 5.74) is 0. The van der Waals surface area contributed by atoms with Crippen LogP contribution in [0.25, 0.3) is 0 Å². The zero-order chi connectivity index (χ0) is 0. The van der Waals surface area contributed by atoms with E-state index >= 15 is 0 Å². The third-order valence-electron chi connectivity index (χ3n) is 0. The van der Waals surface area contributed by atoms with Crippen LogP contribution < -0.4 is 51.4 Å². The standard InChI is InChI=1S/B.3FH.K.H/h;3*1H;;/q;;;;+1;-1. The SMILES string of the molecule is F.F.F.[B].[H-].[K+]. The maximum atomic E-state index is 0. The number of hydrogen-bond acceptors (Lipinski definition) is 0. The van der Waals surface area contributed by atoms with Crippen molar-refractivity contribution in [1.29, 1.82) is 0 Å². The van der Waals surface area contributed by atoms with Crippen LogP contribution in [0.5, 0.6) is 0 Å². The summed E-state index contributed by atoms with van der Waals surface area (Å²) in [5, 5.41) is 0. The van der Waals surface area contributed by atoms with Crippen molar-refractivity contribution in [3.63, 3.8) is 0 Å². The van der Waals surface area contributed by atoms with Crippen LogP contribution in [0.3, 0.4) is 0 Å². The molecule has 0 heterocycles. The average molecular weight is 111 g/mol. The van der Waals surface area contributed by atoms with Crippen LogP contribution in [0.15, 0.2) is 0 Å². The molecule has 5 heteroatoms. The van der Waals surface area contributed by atoms with Gasteiger partial charge in [0.25, 0.3) is 0 Å². The average Bonchev–Trinajstić information content (AvgIpc) is 0. The Labute approximate surface area is 74.3 Å². The van der Waals surface area contributed by atoms with Crippen molar-refractivity contribution in [2.24, 2.45) is 0 Å². The van der Waals surface area contributed by atoms with Gasteiger partial charge >= 0.3 is 51.4 Å². The van der Waals surface area contributed by atoms with Crippen molar-refractivity contribution in [1.82, 2.24) is 0 Å². The Morgan fingerprint density at radius 1 is 0.800 bits per heavy atom. The summed E-state index contributed by atoms with van der Waals surface area (Å²) in [7, 11) is 0. The molecule has 0 atom stereocenters. The van der Waals surface area contributed by atoms with Gasteiger partial charge in [-0.25, -0.2) is 0 Å². The molecule has 0 nitrogen and oxygen atoms in total. The molecule has 0 rings (SSSR count). The fourth-order valence-electron chi connectivity index (χ4n) is 0. The summed E-state index contributed by atoms with van der Waals surface area (Å²) in [6, 6.07) is 0. The van der Waals surface area contributed by atoms with E-state index in [1.54, 1.807) is 0 Å². The van der Waals surface area contributed by atoms with E-state index in [1.165, 1.54) is 0 Å². The normalized spacial score (nSPS) is 0. The van der Waals surface area contributed by atoms with Crippen molar-refractivity contribution in [3.8, 4) is 0 Å². The van der Waals surface area contributed by atoms with Crippen LogP contribution in [-0.2, 0) is 0 Å². The van der Waals surface area contributed by atoms with Gasteiger partial charge < -0.3 is 1.43 Å². The minimum atomic E-state index is 0. The Hall–Kier alpha value is 1.49. The first kappa shape index (κ1) is 88.0. The number of rotatable bonds is 0. The quantitative estimate of drug-likeness (QED) is 0.296. The molecule has 0 amide bonds. The molecule has 0 saturated carbocycles. The molecule has 0 bridgehead atoms. The van der Waals surface area contributed by atoms with Gasteiger partial charge in [-0.2, -0.15) is 0 Å². The molecule has 0 aromatic carbocycles. The molecule has 5 heavy (non-hydrogen) atoms. The fourth-order valence-corrected chi connectivity index (χ4v) is 0. The van der Waals surface area contributed by atoms with Crippen molar-refractivity contribution >= 4 is 8.41 Å². The molecule has 0 aliphatic heterocycles. The number of halogens is 3. The molecule has 0 aromatic rings. The zero-order valence-electron chi connectivity index (χ0n) is 3.80. The predicted octanol–water partition coefficient (Wildman–Crippen LogP) is -2.81. The first-order valence-electron chi connectivity index (χ1n) is 0. The van der Waals surface area contributed by atoms with Crippen LogP contribution in [0.4, 0.5) is 14.1 Å². The molecule has 29 valence electrons. The summed E-state index contributed by atoms with van der Waals surface area (Å²) in [6.07, 6.45) is 0. The largest absolute Gasteiger partial charge is 1.00 e. The molecule has 3 radical (unpaired) electrons. The topological polar surface area (TPSA) is 0 Å². The van der Waals surface area contributed by atoms with Gasteiger partial charge in [0.1, 0.15) is 0 Å². The van der Waals surface area contributed by atoms with E-state index < -0.39 is 0 Å². The van der Waals surface area contributed by atoms with E-state index in [0.717, 1.165) is 0 Å². The number of hydrogen-bond donors (Lipinski definition) is 0. The second kappa shape index (κ2) is 49.8. The van der Waals surface area contributed by atoms with E-state index in [4.69, 9.17) is 0 Å². The Bertz CT molecular complexity index is 10.8. The van der Waals surface area contributed by atoms with Crippen molar-refractivity contribution in [3.05, 3.63) is 0 Å². The summed E-state index contributed by atoms with van der Waals surface area (Å²) in [6.45, 7) is 0. The maximum absolute atomic E-state index is 0. The first-order chi connectivity index (χ1) is 0. The van der Waals surface area contributed by atoms with Crippen LogP contribution in [0.2, 0.25) is 0 Å². The third kappa shape index (κ3) is 30.1. The second-order valence-electron chi connectivity index (χ2n) is 0. The van der Waals surface area contributed by atoms with Crippen LogP contribution in [0.1, 0.15) is 1.43 Å². The van der Waals surface area contributed by atoms with Gasteiger partial charge in [0.15, 0.2) is 0 Å². The van der Waals surface area contributed by atoms with Gasteiger partial charge in [-0.05, 0) is 0 Å². The minimum Gasteiger partial charge on any atom is -1.00 e. The van der Waals surface area contributed by atoms with Crippen molar-refractivity contribution < 1.29 is 66.9 Å². The van der Waals surface area contributed by atoms with Gasteiger partial charge in [-0.3, -0.25) is 14.1 Å². The summed E-state index contributed by atoms with van der Waals surface area (Å²) in [5.74, 6) is 0. The van der Waals surface area contributed by atoms with Crippen LogP contribution >= 0.6 is 0 Å². The molecule has 0 spiro atoms. The molecule has 0 aliphatic rings. The van der Waals surface area contributed by atoms with Gasteiger partial charge in [-0.1, -0.05) is 0 Å². The molecule has 0 aliphatic carbocycles. The molecule has 0 aromatic heterocycles. The van der Waals surface area contributed by atoms with Crippen LogP contribution in [0, 0.1) is 0 Å². The van der Waals surface area contributed by atoms with E-state index in [-0.39, 0.29) is 75.3 Å². The smallest absolute Gasteiger partial charge is 1.00 e. The van der Waals surface area contributed by atoms with E-state index in [0.29, 0.717) is 0 Å². The van der Waals surface area contributed by atoms with Crippen molar-refractivity contribution in [2.75, 3.05) is 0 Å². The predicted molar refractivity (Wildman–Crippen MR) is 14.4 cm³/mol. The third-order valence-corrected chi connectivity index (χ3v) is 0. The van der Waals surface area contributed by atoms with Gasteiger partial charge in [0.2, 0.25) is 0 Å². The second-order valence-corrected chi connectivity index (χ2v) is 0.